The first-order chi connectivity index (χ1) is 15.4. The molecule has 0 saturated heterocycles. The molecule has 0 saturated carbocycles. The maximum atomic E-state index is 13.6. The van der Waals surface area contributed by atoms with Gasteiger partial charge in [0.25, 0.3) is 0 Å². The maximum absolute atomic E-state index is 13.6. The zero-order valence-corrected chi connectivity index (χ0v) is 18.2. The van der Waals surface area contributed by atoms with Crippen LogP contribution in [-0.2, 0) is 33.7 Å². The van der Waals surface area contributed by atoms with Crippen LogP contribution in [-0.4, -0.2) is 43.2 Å². The van der Waals surface area contributed by atoms with Crippen LogP contribution in [0.2, 0.25) is 0 Å². The lowest BCUT2D eigenvalue weighted by Gasteiger charge is -2.04. The van der Waals surface area contributed by atoms with Crippen LogP contribution in [0.5, 0.6) is 0 Å². The summed E-state index contributed by atoms with van der Waals surface area (Å²) in [6.45, 7) is 0. The van der Waals surface area contributed by atoms with Gasteiger partial charge in [-0.1, -0.05) is 60.7 Å². The van der Waals surface area contributed by atoms with Gasteiger partial charge in [0.15, 0.2) is 22.2 Å². The van der Waals surface area contributed by atoms with Crippen LogP contribution in [0, 0.1) is 0 Å². The van der Waals surface area contributed by atoms with E-state index in [-0.39, 0.29) is 34.5 Å². The van der Waals surface area contributed by atoms with Gasteiger partial charge in [0.1, 0.15) is 34.5 Å². The topological polar surface area (TPSA) is 149 Å². The van der Waals surface area contributed by atoms with E-state index < -0.39 is 27.9 Å². The third-order valence-corrected chi connectivity index (χ3v) is 5.62. The van der Waals surface area contributed by atoms with E-state index in [1.165, 1.54) is 0 Å². The Bertz CT molecular complexity index is 1200. The number of carbonyl (C=O) groups excluding carboxylic acids is 1. The van der Waals surface area contributed by atoms with E-state index in [1.807, 2.05) is 12.1 Å². The minimum atomic E-state index is -2.15. The van der Waals surface area contributed by atoms with Crippen LogP contribution in [0.3, 0.4) is 0 Å². The van der Waals surface area contributed by atoms with Crippen LogP contribution < -0.4 is 0 Å². The smallest absolute Gasteiger partial charge is 0.229 e. The minimum Gasteiger partial charge on any atom is -0.338 e. The maximum Gasteiger partial charge on any atom is 0.229 e. The molecule has 4 N–H and O–H groups in total. The number of rotatable bonds is 8. The van der Waals surface area contributed by atoms with Crippen molar-refractivity contribution in [2.45, 2.75) is 11.5 Å². The van der Waals surface area contributed by atoms with Gasteiger partial charge in [-0.2, -0.15) is 0 Å². The van der Waals surface area contributed by atoms with E-state index in [0.29, 0.717) is 22.5 Å². The summed E-state index contributed by atoms with van der Waals surface area (Å²) in [6, 6.07) is 17.9. The highest BCUT2D eigenvalue weighted by atomic mass is 32.2. The first-order valence-electron chi connectivity index (χ1n) is 9.40. The number of imidazole rings is 2. The number of nitrogens with zero attached hydrogens (tertiary/aromatic N) is 2. The molecule has 0 fully saturated rings. The average Bonchev–Trinajstić information content (AvgIpc) is 3.38. The number of benzene rings is 2. The molecule has 164 valence electrons. The number of hydrogen-bond donors (Lipinski definition) is 4. The summed E-state index contributed by atoms with van der Waals surface area (Å²) >= 11 is -4.30. The molecule has 4 rings (SSSR count). The molecule has 0 spiro atoms. The molecule has 2 aromatic carbocycles. The molecule has 0 aliphatic rings. The van der Waals surface area contributed by atoms with Gasteiger partial charge in [-0.05, 0) is 0 Å². The summed E-state index contributed by atoms with van der Waals surface area (Å²) in [7, 11) is 0. The van der Waals surface area contributed by atoms with E-state index in [1.54, 1.807) is 48.5 Å². The number of carbonyl (C=O) groups is 1. The summed E-state index contributed by atoms with van der Waals surface area (Å²) in [5, 5.41) is 0. The van der Waals surface area contributed by atoms with E-state index >= 15 is 0 Å². The Labute approximate surface area is 187 Å². The van der Waals surface area contributed by atoms with E-state index in [4.69, 9.17) is 0 Å². The normalized spacial score (nSPS) is 13.1. The highest BCUT2D eigenvalue weighted by Gasteiger charge is 2.26. The third kappa shape index (κ3) is 4.81. The molecule has 2 aromatic heterocycles. The Morgan fingerprint density at radius 3 is 1.44 bits per heavy atom. The molecule has 0 amide bonds. The Kier molecular flexibility index (Phi) is 6.51. The first-order valence-corrected chi connectivity index (χ1v) is 12.0. The molecule has 2 atom stereocenters. The van der Waals surface area contributed by atoms with Crippen LogP contribution >= 0.6 is 0 Å². The first kappa shape index (κ1) is 22.0. The van der Waals surface area contributed by atoms with Crippen molar-refractivity contribution >= 4 is 27.9 Å². The average molecular weight is 471 g/mol. The summed E-state index contributed by atoms with van der Waals surface area (Å²) in [5.41, 5.74) is 2.20. The summed E-state index contributed by atoms with van der Waals surface area (Å²) < 4.78 is 41.2. The molecule has 2 heterocycles. The highest BCUT2D eigenvalue weighted by molar-refractivity contribution is 7.78. The highest BCUT2D eigenvalue weighted by Crippen LogP contribution is 2.28. The summed E-state index contributed by atoms with van der Waals surface area (Å²) in [5.74, 6) is -0.643. The van der Waals surface area contributed by atoms with Crippen molar-refractivity contribution in [2.75, 3.05) is 0 Å². The number of aromatic nitrogens is 4. The summed E-state index contributed by atoms with van der Waals surface area (Å²) in [6.07, 6.45) is 0. The fraction of sp³-hybridized carbons (Fsp3) is 0.0952. The van der Waals surface area contributed by atoms with Gasteiger partial charge in [0.05, 0.1) is 11.4 Å². The third-order valence-electron chi connectivity index (χ3n) is 4.57. The lowest BCUT2D eigenvalue weighted by Crippen LogP contribution is -2.07. The molecule has 4 aromatic rings. The molecule has 32 heavy (non-hydrogen) atoms. The largest absolute Gasteiger partial charge is 0.338 e. The lowest BCUT2D eigenvalue weighted by atomic mass is 10.0. The van der Waals surface area contributed by atoms with Crippen LogP contribution in [0.1, 0.15) is 27.8 Å². The molecule has 11 heteroatoms. The monoisotopic (exact) mass is 470 g/mol. The second-order valence-corrected chi connectivity index (χ2v) is 8.67. The van der Waals surface area contributed by atoms with Gasteiger partial charge in [-0.15, -0.1) is 0 Å². The van der Waals surface area contributed by atoms with Gasteiger partial charge in [-0.3, -0.25) is 4.79 Å². The van der Waals surface area contributed by atoms with E-state index in [2.05, 4.69) is 19.9 Å². The lowest BCUT2D eigenvalue weighted by molar-refractivity contribution is 0.103. The van der Waals surface area contributed by atoms with Crippen molar-refractivity contribution in [2.24, 2.45) is 0 Å². The van der Waals surface area contributed by atoms with Crippen LogP contribution in [0.4, 0.5) is 0 Å². The molecule has 2 unspecified atom stereocenters. The number of ketones is 1. The number of nitrogens with one attached hydrogen (secondary N) is 2. The Morgan fingerprint density at radius 2 is 1.09 bits per heavy atom. The van der Waals surface area contributed by atoms with Crippen molar-refractivity contribution in [3.05, 3.63) is 83.7 Å². The van der Waals surface area contributed by atoms with Crippen LogP contribution in [0.25, 0.3) is 22.5 Å². The van der Waals surface area contributed by atoms with Crippen molar-refractivity contribution < 1.29 is 22.3 Å². The second kappa shape index (κ2) is 9.49. The summed E-state index contributed by atoms with van der Waals surface area (Å²) in [4.78, 5) is 28.1. The SMILES string of the molecule is O=C(c1[nH]c(CS(=O)O)nc1-c1ccccc1)c1[nH]c(CS(=O)O)nc1-c1ccccc1. The van der Waals surface area contributed by atoms with Gasteiger partial charge in [-0.25, -0.2) is 18.4 Å². The van der Waals surface area contributed by atoms with Crippen LogP contribution in [0.15, 0.2) is 60.7 Å². The number of hydrogen-bond acceptors (Lipinski definition) is 5. The van der Waals surface area contributed by atoms with Crippen molar-refractivity contribution in [3.63, 3.8) is 0 Å². The molecular formula is C21H18N4O5S2. The Morgan fingerprint density at radius 1 is 0.719 bits per heavy atom. The van der Waals surface area contributed by atoms with Crippen molar-refractivity contribution in [1.29, 1.82) is 0 Å². The van der Waals surface area contributed by atoms with Gasteiger partial charge >= 0.3 is 0 Å². The number of H-pyrrole nitrogens is 2. The van der Waals surface area contributed by atoms with Gasteiger partial charge in [0.2, 0.25) is 5.78 Å². The molecule has 0 aliphatic carbocycles. The molecule has 9 nitrogen and oxygen atoms in total. The van der Waals surface area contributed by atoms with Gasteiger partial charge in [0, 0.05) is 11.1 Å². The molecular weight excluding hydrogens is 452 g/mol. The van der Waals surface area contributed by atoms with Crippen molar-refractivity contribution in [3.8, 4) is 22.5 Å². The zero-order valence-electron chi connectivity index (χ0n) is 16.5. The molecule has 0 radical (unpaired) electrons. The standard InChI is InChI=1S/C21H18N4O5S2/c26-21(19-17(13-7-3-1-4-8-13)22-15(24-19)11-31(27)28)20-18(14-9-5-2-6-10-14)23-16(25-20)12-32(29)30/h1-10H,11-12H2,(H,22,24)(H,23,25)(H,27,28)(H,29,30). The predicted octanol–water partition coefficient (Wildman–Crippen LogP) is 3.14. The fourth-order valence-electron chi connectivity index (χ4n) is 3.28. The molecule has 0 bridgehead atoms. The van der Waals surface area contributed by atoms with Gasteiger partial charge < -0.3 is 19.1 Å². The Hall–Kier alpha value is -3.25. The second-order valence-electron chi connectivity index (χ2n) is 6.81. The number of aromatic amines is 2. The van der Waals surface area contributed by atoms with Crippen molar-refractivity contribution in [1.82, 2.24) is 19.9 Å². The zero-order chi connectivity index (χ0) is 22.7. The van der Waals surface area contributed by atoms with E-state index in [0.717, 1.165) is 0 Å². The Balaban J connectivity index is 1.85. The van der Waals surface area contributed by atoms with E-state index in [9.17, 15) is 22.3 Å². The fourth-order valence-corrected chi connectivity index (χ4v) is 4.02. The quantitative estimate of drug-likeness (QED) is 0.228. The molecule has 0 aliphatic heterocycles. The predicted molar refractivity (Wildman–Crippen MR) is 120 cm³/mol. The minimum absolute atomic E-state index is 0.120.